The predicted octanol–water partition coefficient (Wildman–Crippen LogP) is 5.06. The molecule has 120 valence electrons. The molecule has 3 rings (SSSR count). The average molecular weight is 344 g/mol. The van der Waals surface area contributed by atoms with Gasteiger partial charge in [0.05, 0.1) is 5.71 Å². The van der Waals surface area contributed by atoms with E-state index in [0.29, 0.717) is 5.56 Å². The smallest absolute Gasteiger partial charge is 0.374 e. The first-order chi connectivity index (χ1) is 10.8. The number of oxime groups is 1. The highest BCUT2D eigenvalue weighted by atomic mass is 35.5. The van der Waals surface area contributed by atoms with Gasteiger partial charge in [0.25, 0.3) is 5.60 Å². The van der Waals surface area contributed by atoms with Gasteiger partial charge in [-0.1, -0.05) is 47.1 Å². The summed E-state index contributed by atoms with van der Waals surface area (Å²) in [4.78, 5) is 4.81. The molecule has 2 nitrogen and oxygen atoms in total. The summed E-state index contributed by atoms with van der Waals surface area (Å²) in [6.45, 7) is 0. The molecule has 0 N–H and O–H groups in total. The van der Waals surface area contributed by atoms with Crippen LogP contribution in [0, 0.1) is 5.82 Å². The fourth-order valence-corrected chi connectivity index (χ4v) is 2.70. The van der Waals surface area contributed by atoms with Crippen LogP contribution in [0.1, 0.15) is 17.5 Å². The maximum Gasteiger partial charge on any atom is 0.435 e. The Bertz CT molecular complexity index is 740. The second kappa shape index (κ2) is 5.53. The van der Waals surface area contributed by atoms with Gasteiger partial charge in [-0.2, -0.15) is 13.2 Å². The standard InChI is InChI=1S/C16H10ClF4NO/c17-12-6-11(7-13(18)8-12)15(16(19,20)21)9-14(22-23-15)10-4-2-1-3-5-10/h1-8H,9H2. The molecule has 1 atom stereocenters. The van der Waals surface area contributed by atoms with Crippen molar-refractivity contribution < 1.29 is 22.4 Å². The fourth-order valence-electron chi connectivity index (χ4n) is 2.48. The third kappa shape index (κ3) is 2.79. The molecule has 2 aromatic carbocycles. The number of benzene rings is 2. The van der Waals surface area contributed by atoms with Gasteiger partial charge < -0.3 is 4.84 Å². The molecular weight excluding hydrogens is 334 g/mol. The predicted molar refractivity (Wildman–Crippen MR) is 77.8 cm³/mol. The van der Waals surface area contributed by atoms with E-state index in [1.807, 2.05) is 0 Å². The van der Waals surface area contributed by atoms with Crippen molar-refractivity contribution in [2.75, 3.05) is 0 Å². The third-order valence-electron chi connectivity index (χ3n) is 3.62. The molecule has 0 saturated heterocycles. The topological polar surface area (TPSA) is 21.6 Å². The number of nitrogens with zero attached hydrogens (tertiary/aromatic N) is 1. The van der Waals surface area contributed by atoms with Crippen molar-refractivity contribution in [2.45, 2.75) is 18.2 Å². The molecule has 0 radical (unpaired) electrons. The number of hydrogen-bond acceptors (Lipinski definition) is 2. The Balaban J connectivity index is 2.05. The van der Waals surface area contributed by atoms with Crippen LogP contribution in [0.4, 0.5) is 17.6 Å². The monoisotopic (exact) mass is 343 g/mol. The minimum Gasteiger partial charge on any atom is -0.374 e. The van der Waals surface area contributed by atoms with Crippen molar-refractivity contribution in [1.29, 1.82) is 0 Å². The van der Waals surface area contributed by atoms with Crippen molar-refractivity contribution in [3.05, 3.63) is 70.5 Å². The van der Waals surface area contributed by atoms with Crippen LogP contribution < -0.4 is 0 Å². The number of halogens is 5. The summed E-state index contributed by atoms with van der Waals surface area (Å²) in [7, 11) is 0. The lowest BCUT2D eigenvalue weighted by Gasteiger charge is -2.29. The summed E-state index contributed by atoms with van der Waals surface area (Å²) >= 11 is 5.69. The molecule has 0 saturated carbocycles. The van der Waals surface area contributed by atoms with Gasteiger partial charge in [0.2, 0.25) is 0 Å². The molecule has 7 heteroatoms. The summed E-state index contributed by atoms with van der Waals surface area (Å²) in [5.74, 6) is -0.868. The van der Waals surface area contributed by atoms with E-state index in [2.05, 4.69) is 5.16 Å². The fraction of sp³-hybridized carbons (Fsp3) is 0.188. The highest BCUT2D eigenvalue weighted by Gasteiger charge is 2.62. The minimum atomic E-state index is -4.79. The zero-order valence-electron chi connectivity index (χ0n) is 11.6. The van der Waals surface area contributed by atoms with Gasteiger partial charge in [-0.05, 0) is 23.8 Å². The first-order valence-electron chi connectivity index (χ1n) is 6.66. The lowest BCUT2D eigenvalue weighted by molar-refractivity contribution is -0.275. The Hall–Kier alpha value is -2.08. The molecule has 1 heterocycles. The van der Waals surface area contributed by atoms with Gasteiger partial charge in [0.1, 0.15) is 5.82 Å². The second-order valence-electron chi connectivity index (χ2n) is 5.15. The number of rotatable bonds is 2. The highest BCUT2D eigenvalue weighted by Crippen LogP contribution is 2.49. The van der Waals surface area contributed by atoms with Crippen molar-refractivity contribution >= 4 is 17.3 Å². The maximum absolute atomic E-state index is 13.7. The van der Waals surface area contributed by atoms with Crippen LogP contribution in [-0.2, 0) is 10.4 Å². The number of hydrogen-bond donors (Lipinski definition) is 0. The van der Waals surface area contributed by atoms with E-state index in [0.717, 1.165) is 18.2 Å². The van der Waals surface area contributed by atoms with Crippen molar-refractivity contribution in [2.24, 2.45) is 5.16 Å². The largest absolute Gasteiger partial charge is 0.435 e. The van der Waals surface area contributed by atoms with E-state index in [4.69, 9.17) is 16.4 Å². The Morgan fingerprint density at radius 1 is 1.09 bits per heavy atom. The first-order valence-corrected chi connectivity index (χ1v) is 7.03. The van der Waals surface area contributed by atoms with E-state index >= 15 is 0 Å². The molecule has 1 unspecified atom stereocenters. The Labute approximate surface area is 134 Å². The summed E-state index contributed by atoms with van der Waals surface area (Å²) < 4.78 is 54.6. The van der Waals surface area contributed by atoms with Crippen LogP contribution >= 0.6 is 11.6 Å². The van der Waals surface area contributed by atoms with E-state index in [1.165, 1.54) is 0 Å². The van der Waals surface area contributed by atoms with Crippen molar-refractivity contribution in [1.82, 2.24) is 0 Å². The van der Waals surface area contributed by atoms with E-state index in [-0.39, 0.29) is 10.7 Å². The maximum atomic E-state index is 13.7. The highest BCUT2D eigenvalue weighted by molar-refractivity contribution is 6.30. The lowest BCUT2D eigenvalue weighted by atomic mass is 9.86. The van der Waals surface area contributed by atoms with E-state index < -0.39 is 29.6 Å². The molecule has 23 heavy (non-hydrogen) atoms. The average Bonchev–Trinajstić information content (AvgIpc) is 2.93. The minimum absolute atomic E-state index is 0.139. The normalized spacial score (nSPS) is 21.0. The van der Waals surface area contributed by atoms with Crippen LogP contribution in [-0.4, -0.2) is 11.9 Å². The molecule has 0 bridgehead atoms. The van der Waals surface area contributed by atoms with Crippen molar-refractivity contribution in [3.63, 3.8) is 0 Å². The van der Waals surface area contributed by atoms with Gasteiger partial charge in [0.15, 0.2) is 0 Å². The SMILES string of the molecule is Fc1cc(Cl)cc(C2(C(F)(F)F)CC(c3ccccc3)=NO2)c1. The Morgan fingerprint density at radius 3 is 2.39 bits per heavy atom. The molecule has 1 aliphatic rings. The summed E-state index contributed by atoms with van der Waals surface area (Å²) in [5, 5.41) is 3.45. The van der Waals surface area contributed by atoms with Gasteiger partial charge >= 0.3 is 6.18 Å². The molecule has 0 fully saturated rings. The molecular formula is C16H10ClF4NO. The molecule has 0 spiro atoms. The van der Waals surface area contributed by atoms with Gasteiger partial charge in [-0.25, -0.2) is 4.39 Å². The number of alkyl halides is 3. The lowest BCUT2D eigenvalue weighted by Crippen LogP contribution is -2.42. The third-order valence-corrected chi connectivity index (χ3v) is 3.84. The van der Waals surface area contributed by atoms with Gasteiger partial charge in [-0.15, -0.1) is 0 Å². The second-order valence-corrected chi connectivity index (χ2v) is 5.59. The summed E-state index contributed by atoms with van der Waals surface area (Å²) in [5.41, 5.74) is -2.50. The van der Waals surface area contributed by atoms with Gasteiger partial charge in [0, 0.05) is 17.0 Å². The summed E-state index contributed by atoms with van der Waals surface area (Å²) in [6.07, 6.45) is -5.34. The zero-order chi connectivity index (χ0) is 16.7. The molecule has 0 amide bonds. The Morgan fingerprint density at radius 2 is 1.78 bits per heavy atom. The Kier molecular flexibility index (Phi) is 3.80. The quantitative estimate of drug-likeness (QED) is 0.698. The molecule has 1 aliphatic heterocycles. The van der Waals surface area contributed by atoms with Crippen LogP contribution in [0.2, 0.25) is 5.02 Å². The molecule has 2 aromatic rings. The van der Waals surface area contributed by atoms with E-state index in [1.54, 1.807) is 30.3 Å². The molecule has 0 aromatic heterocycles. The zero-order valence-corrected chi connectivity index (χ0v) is 12.3. The van der Waals surface area contributed by atoms with Gasteiger partial charge in [-0.3, -0.25) is 0 Å². The van der Waals surface area contributed by atoms with E-state index in [9.17, 15) is 17.6 Å². The molecule has 0 aliphatic carbocycles. The van der Waals surface area contributed by atoms with Crippen molar-refractivity contribution in [3.8, 4) is 0 Å². The van der Waals surface area contributed by atoms with Crippen LogP contribution in [0.15, 0.2) is 53.7 Å². The first kappa shape index (κ1) is 15.8. The van der Waals surface area contributed by atoms with Crippen LogP contribution in [0.25, 0.3) is 0 Å². The summed E-state index contributed by atoms with van der Waals surface area (Å²) in [6, 6.07) is 11.1. The van der Waals surface area contributed by atoms with Crippen LogP contribution in [0.5, 0.6) is 0 Å². The van der Waals surface area contributed by atoms with Crippen LogP contribution in [0.3, 0.4) is 0 Å².